The van der Waals surface area contributed by atoms with Crippen molar-refractivity contribution >= 4 is 29.5 Å². The van der Waals surface area contributed by atoms with Crippen LogP contribution in [0.4, 0.5) is 8.78 Å². The van der Waals surface area contributed by atoms with E-state index in [-0.39, 0.29) is 12.5 Å². The van der Waals surface area contributed by atoms with Gasteiger partial charge in [-0.2, -0.15) is 0 Å². The molecule has 2 aliphatic heterocycles. The van der Waals surface area contributed by atoms with Crippen molar-refractivity contribution in [3.63, 3.8) is 0 Å². The molecule has 4 rings (SSSR count). The predicted molar refractivity (Wildman–Crippen MR) is 138 cm³/mol. The molecule has 0 aliphatic carbocycles. The van der Waals surface area contributed by atoms with Gasteiger partial charge in [-0.3, -0.25) is 4.79 Å². The zero-order valence-electron chi connectivity index (χ0n) is 21.8. The molecule has 2 aliphatic rings. The molecule has 2 saturated heterocycles. The van der Waals surface area contributed by atoms with E-state index in [1.165, 1.54) is 30.3 Å². The summed E-state index contributed by atoms with van der Waals surface area (Å²) < 4.78 is 54.4. The third kappa shape index (κ3) is 6.04. The van der Waals surface area contributed by atoms with Crippen molar-refractivity contribution in [2.75, 3.05) is 6.54 Å². The molecule has 196 valence electrons. The molecule has 0 bridgehead atoms. The van der Waals surface area contributed by atoms with Gasteiger partial charge >= 0.3 is 7.12 Å². The van der Waals surface area contributed by atoms with Crippen LogP contribution in [0.2, 0.25) is 0 Å². The minimum atomic E-state index is -1.59. The molecule has 2 fully saturated rings. The number of carbonyl (C=O) groups is 1. The van der Waals surface area contributed by atoms with Gasteiger partial charge in [-0.15, -0.1) is 0 Å². The van der Waals surface area contributed by atoms with E-state index in [9.17, 15) is 17.8 Å². The Labute approximate surface area is 215 Å². The number of hydrogen-bond acceptors (Lipinski definition) is 4. The fourth-order valence-electron chi connectivity index (χ4n) is 4.04. The van der Waals surface area contributed by atoms with Crippen molar-refractivity contribution in [1.29, 1.82) is 0 Å². The minimum absolute atomic E-state index is 0.0223. The smallest absolute Gasteiger partial charge is 0.399 e. The Balaban J connectivity index is 0.00000176. The van der Waals surface area contributed by atoms with Gasteiger partial charge in [0.2, 0.25) is 5.91 Å². The fourth-order valence-corrected chi connectivity index (χ4v) is 5.41. The predicted octanol–water partition coefficient (Wildman–Crippen LogP) is 4.09. The highest BCUT2D eigenvalue weighted by Crippen LogP contribution is 2.36. The van der Waals surface area contributed by atoms with Crippen molar-refractivity contribution in [1.82, 2.24) is 9.62 Å². The summed E-state index contributed by atoms with van der Waals surface area (Å²) in [6.45, 7) is 12.2. The van der Waals surface area contributed by atoms with Gasteiger partial charge in [-0.05, 0) is 76.3 Å². The molecule has 36 heavy (non-hydrogen) atoms. The van der Waals surface area contributed by atoms with Crippen LogP contribution in [0.15, 0.2) is 47.4 Å². The van der Waals surface area contributed by atoms with Gasteiger partial charge in [0, 0.05) is 18.7 Å². The number of benzene rings is 2. The quantitative estimate of drug-likeness (QED) is 0.583. The molecule has 2 aromatic rings. The first-order valence-corrected chi connectivity index (χ1v) is 13.4. The van der Waals surface area contributed by atoms with E-state index in [0.717, 1.165) is 0 Å². The minimum Gasteiger partial charge on any atom is -0.399 e. The largest absolute Gasteiger partial charge is 0.494 e. The summed E-state index contributed by atoms with van der Waals surface area (Å²) in [5, 5.41) is 2.78. The second kappa shape index (κ2) is 11.5. The van der Waals surface area contributed by atoms with E-state index in [4.69, 9.17) is 9.31 Å². The number of nitrogens with zero attached hydrogens (tertiary/aromatic N) is 1. The van der Waals surface area contributed by atoms with Crippen LogP contribution in [0, 0.1) is 11.6 Å². The average Bonchev–Trinajstić information content (AvgIpc) is 3.41. The lowest BCUT2D eigenvalue weighted by molar-refractivity contribution is -0.124. The molecule has 0 aromatic heterocycles. The van der Waals surface area contributed by atoms with Gasteiger partial charge < -0.3 is 14.6 Å². The molecular weight excluding hydrogens is 485 g/mol. The number of carbonyl (C=O) groups excluding carboxylic acids is 1. The SMILES string of the molecule is CC.CC1(C)OB(c2ccc(F)c(CNC(=O)C3CCCN3S(=O)c3ccc(F)cc3)c2)OC1(C)C. The maximum absolute atomic E-state index is 14.5. The van der Waals surface area contributed by atoms with Gasteiger partial charge in [0.1, 0.15) is 28.7 Å². The molecule has 2 atom stereocenters. The second-order valence-electron chi connectivity index (χ2n) is 9.66. The summed E-state index contributed by atoms with van der Waals surface area (Å²) in [6, 6.07) is 9.38. The highest BCUT2D eigenvalue weighted by Gasteiger charge is 2.51. The summed E-state index contributed by atoms with van der Waals surface area (Å²) in [5.41, 5.74) is -0.0621. The molecule has 0 spiro atoms. The normalized spacial score (nSPS) is 21.6. The molecule has 10 heteroatoms. The molecule has 1 N–H and O–H groups in total. The molecule has 6 nitrogen and oxygen atoms in total. The van der Waals surface area contributed by atoms with Crippen LogP contribution >= 0.6 is 0 Å². The first-order chi connectivity index (χ1) is 17.0. The second-order valence-corrected chi connectivity index (χ2v) is 11.1. The van der Waals surface area contributed by atoms with Crippen molar-refractivity contribution in [2.45, 2.75) is 83.1 Å². The number of amides is 1. The molecule has 2 unspecified atom stereocenters. The fraction of sp³-hybridized carbons (Fsp3) is 0.500. The number of halogens is 2. The Morgan fingerprint density at radius 2 is 1.69 bits per heavy atom. The maximum Gasteiger partial charge on any atom is 0.494 e. The standard InChI is InChI=1S/C24H29BF2N2O4S.C2H6/c1-23(2)24(3,4)33-25(32-23)17-7-12-20(27)16(14-17)15-28-22(30)21-6-5-13-29(21)34(31)19-10-8-18(26)9-11-19;1-2/h7-12,14,21H,5-6,13,15H2,1-4H3,(H,28,30);1-2H3. The van der Waals surface area contributed by atoms with Crippen molar-refractivity contribution in [3.05, 3.63) is 59.7 Å². The Morgan fingerprint density at radius 1 is 1.08 bits per heavy atom. The lowest BCUT2D eigenvalue weighted by Crippen LogP contribution is -2.44. The summed E-state index contributed by atoms with van der Waals surface area (Å²) in [4.78, 5) is 13.4. The average molecular weight is 520 g/mol. The van der Waals surface area contributed by atoms with Crippen LogP contribution in [0.1, 0.15) is 59.9 Å². The lowest BCUT2D eigenvalue weighted by Gasteiger charge is -2.32. The Bertz CT molecular complexity index is 1080. The highest BCUT2D eigenvalue weighted by molar-refractivity contribution is 7.82. The van der Waals surface area contributed by atoms with Gasteiger partial charge in [0.25, 0.3) is 0 Å². The van der Waals surface area contributed by atoms with Crippen LogP contribution in [0.5, 0.6) is 0 Å². The molecule has 2 aromatic carbocycles. The van der Waals surface area contributed by atoms with E-state index in [1.54, 1.807) is 16.4 Å². The van der Waals surface area contributed by atoms with Gasteiger partial charge in [-0.1, -0.05) is 26.0 Å². The van der Waals surface area contributed by atoms with Gasteiger partial charge in [0.05, 0.1) is 16.1 Å². The summed E-state index contributed by atoms with van der Waals surface area (Å²) in [5.74, 6) is -1.19. The van der Waals surface area contributed by atoms with Crippen LogP contribution in [-0.2, 0) is 31.6 Å². The zero-order valence-corrected chi connectivity index (χ0v) is 22.6. The number of nitrogens with one attached hydrogen (secondary N) is 1. The van der Waals surface area contributed by atoms with Crippen molar-refractivity contribution in [3.8, 4) is 0 Å². The van der Waals surface area contributed by atoms with Gasteiger partial charge in [0.15, 0.2) is 0 Å². The molecule has 1 amide bonds. The first-order valence-electron chi connectivity index (χ1n) is 12.3. The molecule has 0 saturated carbocycles. The van der Waals surface area contributed by atoms with E-state index < -0.39 is 47.0 Å². The van der Waals surface area contributed by atoms with Crippen molar-refractivity contribution < 1.29 is 27.1 Å². The van der Waals surface area contributed by atoms with E-state index in [2.05, 4.69) is 5.32 Å². The lowest BCUT2D eigenvalue weighted by atomic mass is 9.78. The summed E-state index contributed by atoms with van der Waals surface area (Å²) in [7, 11) is -2.23. The molecule has 2 heterocycles. The number of rotatable bonds is 6. The summed E-state index contributed by atoms with van der Waals surface area (Å²) in [6.07, 6.45) is 1.24. The van der Waals surface area contributed by atoms with Crippen LogP contribution < -0.4 is 10.8 Å². The van der Waals surface area contributed by atoms with E-state index in [0.29, 0.717) is 35.3 Å². The third-order valence-corrected chi connectivity index (χ3v) is 8.32. The van der Waals surface area contributed by atoms with Crippen LogP contribution in [-0.4, -0.2) is 45.3 Å². The zero-order chi connectivity index (χ0) is 26.7. The van der Waals surface area contributed by atoms with Crippen molar-refractivity contribution in [2.24, 2.45) is 0 Å². The summed E-state index contributed by atoms with van der Waals surface area (Å²) >= 11 is 0. The van der Waals surface area contributed by atoms with Crippen LogP contribution in [0.3, 0.4) is 0 Å². The van der Waals surface area contributed by atoms with Crippen LogP contribution in [0.25, 0.3) is 0 Å². The topological polar surface area (TPSA) is 67.9 Å². The third-order valence-electron chi connectivity index (χ3n) is 6.78. The van der Waals surface area contributed by atoms with Gasteiger partial charge in [-0.25, -0.2) is 17.3 Å². The highest BCUT2D eigenvalue weighted by atomic mass is 32.2. The van der Waals surface area contributed by atoms with E-state index in [1.807, 2.05) is 41.5 Å². The Kier molecular flexibility index (Phi) is 9.08. The number of hydrogen-bond donors (Lipinski definition) is 1. The molecular formula is C26H35BF2N2O4S. The Morgan fingerprint density at radius 3 is 2.31 bits per heavy atom. The monoisotopic (exact) mass is 520 g/mol. The Hall–Kier alpha value is -2.14. The van der Waals surface area contributed by atoms with E-state index >= 15 is 0 Å². The maximum atomic E-state index is 14.5. The first kappa shape index (κ1) is 28.4. The molecule has 0 radical (unpaired) electrons.